The summed E-state index contributed by atoms with van der Waals surface area (Å²) in [5.74, 6) is -3.39. The minimum absolute atomic E-state index is 0.101. The highest BCUT2D eigenvalue weighted by Gasteiger charge is 2.40. The van der Waals surface area contributed by atoms with Gasteiger partial charge in [-0.25, -0.2) is 8.78 Å². The lowest BCUT2D eigenvalue weighted by Gasteiger charge is -2.34. The quantitative estimate of drug-likeness (QED) is 0.875. The molecule has 0 bridgehead atoms. The topological polar surface area (TPSA) is 72.2 Å². The Morgan fingerprint density at radius 3 is 2.29 bits per heavy atom. The summed E-state index contributed by atoms with van der Waals surface area (Å²) < 4.78 is 27.3. The molecule has 1 aromatic rings. The highest BCUT2D eigenvalue weighted by Crippen LogP contribution is 2.23. The molecule has 1 rings (SSSR count). The summed E-state index contributed by atoms with van der Waals surface area (Å²) in [6, 6.07) is 1.76. The molecule has 0 unspecified atom stereocenters. The number of rotatable bonds is 5. The summed E-state index contributed by atoms with van der Waals surface area (Å²) in [4.78, 5) is 23.9. The Morgan fingerprint density at radius 2 is 1.86 bits per heavy atom. The molecule has 2 amide bonds. The molecule has 1 aromatic carbocycles. The number of hydrogen-bond acceptors (Lipinski definition) is 2. The number of amides is 2. The molecular formula is C15H20F2N2O2. The van der Waals surface area contributed by atoms with Crippen LogP contribution in [0.15, 0.2) is 12.1 Å². The summed E-state index contributed by atoms with van der Waals surface area (Å²) in [6.45, 7) is 6.53. The van der Waals surface area contributed by atoms with E-state index in [0.717, 1.165) is 12.1 Å². The molecule has 0 aliphatic heterocycles. The second-order valence-corrected chi connectivity index (χ2v) is 5.38. The van der Waals surface area contributed by atoms with Gasteiger partial charge in [-0.3, -0.25) is 9.59 Å². The lowest BCUT2D eigenvalue weighted by Crippen LogP contribution is -2.60. The van der Waals surface area contributed by atoms with Gasteiger partial charge in [0.25, 0.3) is 5.91 Å². The molecule has 116 valence electrons. The first kappa shape index (κ1) is 17.1. The third-order valence-corrected chi connectivity index (χ3v) is 3.81. The molecule has 1 atom stereocenters. The van der Waals surface area contributed by atoms with Crippen LogP contribution < -0.4 is 11.1 Å². The van der Waals surface area contributed by atoms with Gasteiger partial charge in [-0.05, 0) is 37.0 Å². The van der Waals surface area contributed by atoms with Crippen molar-refractivity contribution in [1.29, 1.82) is 0 Å². The Kier molecular flexibility index (Phi) is 5.04. The molecule has 21 heavy (non-hydrogen) atoms. The van der Waals surface area contributed by atoms with Gasteiger partial charge in [-0.15, -0.1) is 0 Å². The zero-order valence-corrected chi connectivity index (χ0v) is 12.6. The molecule has 3 N–H and O–H groups in total. The predicted molar refractivity (Wildman–Crippen MR) is 75.6 cm³/mol. The molecule has 0 aliphatic carbocycles. The van der Waals surface area contributed by atoms with Gasteiger partial charge >= 0.3 is 0 Å². The lowest BCUT2D eigenvalue weighted by atomic mass is 9.82. The van der Waals surface area contributed by atoms with E-state index in [9.17, 15) is 18.4 Å². The van der Waals surface area contributed by atoms with Crippen LogP contribution >= 0.6 is 0 Å². The second kappa shape index (κ2) is 6.20. The summed E-state index contributed by atoms with van der Waals surface area (Å²) in [6.07, 6.45) is 0.252. The van der Waals surface area contributed by atoms with Gasteiger partial charge in [0, 0.05) is 0 Å². The van der Waals surface area contributed by atoms with Crippen LogP contribution in [0.25, 0.3) is 0 Å². The van der Waals surface area contributed by atoms with E-state index in [1.807, 2.05) is 0 Å². The van der Waals surface area contributed by atoms with E-state index in [1.54, 1.807) is 20.8 Å². The standard InChI is InChI=1S/C15H20F2N2O2/c1-5-15(8(2)3,14(18)21)19-13(20)10-7-11(16)9(4)6-12(10)17/h6-8H,5H2,1-4H3,(H2,18,21)(H,19,20)/t15-/m1/s1. The van der Waals surface area contributed by atoms with Crippen molar-refractivity contribution >= 4 is 11.8 Å². The molecule has 0 aliphatic rings. The third-order valence-electron chi connectivity index (χ3n) is 3.81. The second-order valence-electron chi connectivity index (χ2n) is 5.38. The molecule has 0 radical (unpaired) electrons. The van der Waals surface area contributed by atoms with Gasteiger partial charge in [0.05, 0.1) is 5.56 Å². The van der Waals surface area contributed by atoms with Crippen molar-refractivity contribution in [2.45, 2.75) is 39.7 Å². The van der Waals surface area contributed by atoms with Gasteiger partial charge in [0.2, 0.25) is 5.91 Å². The fourth-order valence-electron chi connectivity index (χ4n) is 2.25. The highest BCUT2D eigenvalue weighted by atomic mass is 19.1. The molecule has 4 nitrogen and oxygen atoms in total. The van der Waals surface area contributed by atoms with Gasteiger partial charge in [-0.2, -0.15) is 0 Å². The fourth-order valence-corrected chi connectivity index (χ4v) is 2.25. The number of benzene rings is 1. The monoisotopic (exact) mass is 298 g/mol. The first-order valence-corrected chi connectivity index (χ1v) is 6.73. The Balaban J connectivity index is 3.20. The molecule has 6 heteroatoms. The van der Waals surface area contributed by atoms with E-state index >= 15 is 0 Å². The molecule has 0 saturated carbocycles. The van der Waals surface area contributed by atoms with Crippen molar-refractivity contribution < 1.29 is 18.4 Å². The minimum atomic E-state index is -1.30. The number of carbonyl (C=O) groups excluding carboxylic acids is 2. The van der Waals surface area contributed by atoms with Crippen molar-refractivity contribution in [3.05, 3.63) is 34.9 Å². The Bertz CT molecular complexity index is 573. The maximum absolute atomic E-state index is 13.8. The van der Waals surface area contributed by atoms with Crippen LogP contribution in [0.4, 0.5) is 8.78 Å². The summed E-state index contributed by atoms with van der Waals surface area (Å²) in [7, 11) is 0. The number of nitrogens with one attached hydrogen (secondary N) is 1. The van der Waals surface area contributed by atoms with Crippen LogP contribution in [0, 0.1) is 24.5 Å². The Hall–Kier alpha value is -1.98. The molecule has 0 aromatic heterocycles. The normalized spacial score (nSPS) is 13.9. The number of primary amides is 1. The first-order valence-electron chi connectivity index (χ1n) is 6.73. The summed E-state index contributed by atoms with van der Waals surface area (Å²) in [5, 5.41) is 2.46. The highest BCUT2D eigenvalue weighted by molar-refractivity contribution is 5.99. The van der Waals surface area contributed by atoms with E-state index in [2.05, 4.69) is 5.32 Å². The van der Waals surface area contributed by atoms with E-state index in [4.69, 9.17) is 5.73 Å². The van der Waals surface area contributed by atoms with Gasteiger partial charge in [-0.1, -0.05) is 20.8 Å². The SMILES string of the molecule is CC[C@](NC(=O)c1cc(F)c(C)cc1F)(C(N)=O)C(C)C. The number of halogens is 2. The predicted octanol–water partition coefficient (Wildman–Crippen LogP) is 2.29. The van der Waals surface area contributed by atoms with Gasteiger partial charge < -0.3 is 11.1 Å². The molecule has 0 fully saturated rings. The van der Waals surface area contributed by atoms with Gasteiger partial charge in [0.15, 0.2) is 0 Å². The zero-order valence-electron chi connectivity index (χ0n) is 12.6. The van der Waals surface area contributed by atoms with E-state index in [-0.39, 0.29) is 17.9 Å². The van der Waals surface area contributed by atoms with Crippen LogP contribution in [0.5, 0.6) is 0 Å². The van der Waals surface area contributed by atoms with Crippen molar-refractivity contribution in [3.63, 3.8) is 0 Å². The number of nitrogens with two attached hydrogens (primary N) is 1. The van der Waals surface area contributed by atoms with Crippen LogP contribution in [0.3, 0.4) is 0 Å². The first-order chi connectivity index (χ1) is 9.65. The number of carbonyl (C=O) groups is 2. The van der Waals surface area contributed by atoms with Crippen LogP contribution in [0.2, 0.25) is 0 Å². The Labute approximate surface area is 122 Å². The Morgan fingerprint density at radius 1 is 1.29 bits per heavy atom. The van der Waals surface area contributed by atoms with Crippen molar-refractivity contribution in [2.24, 2.45) is 11.7 Å². The average Bonchev–Trinajstić information content (AvgIpc) is 2.39. The van der Waals surface area contributed by atoms with Crippen molar-refractivity contribution in [3.8, 4) is 0 Å². The molecule has 0 spiro atoms. The minimum Gasteiger partial charge on any atom is -0.368 e. The third kappa shape index (κ3) is 3.20. The van der Waals surface area contributed by atoms with E-state index in [0.29, 0.717) is 0 Å². The van der Waals surface area contributed by atoms with Crippen LogP contribution in [-0.2, 0) is 4.79 Å². The molecular weight excluding hydrogens is 278 g/mol. The maximum Gasteiger partial charge on any atom is 0.255 e. The van der Waals surface area contributed by atoms with Crippen LogP contribution in [-0.4, -0.2) is 17.4 Å². The van der Waals surface area contributed by atoms with Crippen molar-refractivity contribution in [2.75, 3.05) is 0 Å². The van der Waals surface area contributed by atoms with E-state index in [1.165, 1.54) is 6.92 Å². The number of aryl methyl sites for hydroxylation is 1. The number of hydrogen-bond donors (Lipinski definition) is 2. The maximum atomic E-state index is 13.8. The summed E-state index contributed by atoms with van der Waals surface area (Å²) >= 11 is 0. The molecule has 0 heterocycles. The zero-order chi connectivity index (χ0) is 16.4. The smallest absolute Gasteiger partial charge is 0.255 e. The molecule has 0 saturated heterocycles. The van der Waals surface area contributed by atoms with Gasteiger partial charge in [0.1, 0.15) is 17.2 Å². The fraction of sp³-hybridized carbons (Fsp3) is 0.467. The average molecular weight is 298 g/mol. The largest absolute Gasteiger partial charge is 0.368 e. The van der Waals surface area contributed by atoms with Crippen molar-refractivity contribution in [1.82, 2.24) is 5.32 Å². The van der Waals surface area contributed by atoms with Crippen LogP contribution in [0.1, 0.15) is 43.1 Å². The summed E-state index contributed by atoms with van der Waals surface area (Å²) in [5.41, 5.74) is 3.73. The lowest BCUT2D eigenvalue weighted by molar-refractivity contribution is -0.126. The van der Waals surface area contributed by atoms with E-state index < -0.39 is 34.6 Å².